The fourth-order valence-electron chi connectivity index (χ4n) is 3.28. The number of nitrogens with zero attached hydrogens (tertiary/aromatic N) is 1. The molecular weight excluding hydrogens is 418 g/mol. The molecule has 1 aromatic heterocycles. The van der Waals surface area contributed by atoms with Crippen molar-refractivity contribution in [2.75, 3.05) is 24.2 Å². The maximum atomic E-state index is 12.5. The van der Waals surface area contributed by atoms with E-state index in [0.29, 0.717) is 17.9 Å². The number of carbonyl (C=O) groups excluding carboxylic acids is 2. The summed E-state index contributed by atoms with van der Waals surface area (Å²) in [5.74, 6) is 0.180. The molecule has 1 unspecified atom stereocenters. The van der Waals surface area contributed by atoms with E-state index in [9.17, 15) is 9.59 Å². The van der Waals surface area contributed by atoms with Crippen LogP contribution in [0.15, 0.2) is 46.8 Å². The van der Waals surface area contributed by atoms with Crippen molar-refractivity contribution in [3.05, 3.63) is 53.6 Å². The molecule has 1 atom stereocenters. The first-order chi connectivity index (χ1) is 14.6. The lowest BCUT2D eigenvalue weighted by molar-refractivity contribution is -0.119. The third-order valence-corrected chi connectivity index (χ3v) is 7.06. The molecule has 6 nitrogen and oxygen atoms in total. The van der Waals surface area contributed by atoms with Crippen LogP contribution in [0, 0.1) is 6.92 Å². The van der Waals surface area contributed by atoms with E-state index in [1.54, 1.807) is 0 Å². The molecule has 0 aliphatic carbocycles. The van der Waals surface area contributed by atoms with Crippen LogP contribution >= 0.6 is 23.1 Å². The minimum Gasteiger partial charge on any atom is -0.376 e. The van der Waals surface area contributed by atoms with Crippen molar-refractivity contribution in [1.29, 1.82) is 0 Å². The molecule has 156 valence electrons. The Morgan fingerprint density at radius 3 is 2.93 bits per heavy atom. The number of thiazole rings is 1. The lowest BCUT2D eigenvalue weighted by Crippen LogP contribution is -2.32. The zero-order chi connectivity index (χ0) is 20.9. The molecule has 0 bridgehead atoms. The van der Waals surface area contributed by atoms with Gasteiger partial charge in [0.1, 0.15) is 0 Å². The Bertz CT molecular complexity index is 1060. The van der Waals surface area contributed by atoms with Crippen LogP contribution in [0.3, 0.4) is 0 Å². The molecule has 0 spiro atoms. The lowest BCUT2D eigenvalue weighted by atomic mass is 10.1. The van der Waals surface area contributed by atoms with E-state index in [1.165, 1.54) is 23.1 Å². The highest BCUT2D eigenvalue weighted by atomic mass is 32.2. The SMILES string of the molecule is Cc1ccccc1C(=O)Nc1ccc2nc(SCC(=O)NCC3CCCO3)sc2c1. The van der Waals surface area contributed by atoms with Crippen LogP contribution in [0.2, 0.25) is 0 Å². The molecule has 2 heterocycles. The minimum atomic E-state index is -0.130. The van der Waals surface area contributed by atoms with Crippen molar-refractivity contribution in [1.82, 2.24) is 10.3 Å². The number of thioether (sulfide) groups is 1. The maximum Gasteiger partial charge on any atom is 0.255 e. The molecule has 3 aromatic rings. The molecule has 1 fully saturated rings. The summed E-state index contributed by atoms with van der Waals surface area (Å²) in [6.07, 6.45) is 2.22. The van der Waals surface area contributed by atoms with Crippen molar-refractivity contribution in [2.24, 2.45) is 0 Å². The summed E-state index contributed by atoms with van der Waals surface area (Å²) in [5.41, 5.74) is 3.18. The van der Waals surface area contributed by atoms with Crippen LogP contribution in [0.5, 0.6) is 0 Å². The summed E-state index contributed by atoms with van der Waals surface area (Å²) in [4.78, 5) is 29.2. The number of benzene rings is 2. The summed E-state index contributed by atoms with van der Waals surface area (Å²) in [7, 11) is 0. The quantitative estimate of drug-likeness (QED) is 0.536. The number of anilines is 1. The Labute approximate surface area is 183 Å². The second-order valence-corrected chi connectivity index (χ2v) is 9.41. The average Bonchev–Trinajstić information content (AvgIpc) is 3.40. The van der Waals surface area contributed by atoms with Crippen molar-refractivity contribution in [2.45, 2.75) is 30.2 Å². The Morgan fingerprint density at radius 1 is 1.27 bits per heavy atom. The van der Waals surface area contributed by atoms with Gasteiger partial charge in [0.15, 0.2) is 4.34 Å². The van der Waals surface area contributed by atoms with Gasteiger partial charge in [0, 0.05) is 24.4 Å². The molecule has 30 heavy (non-hydrogen) atoms. The normalized spacial score (nSPS) is 16.0. The fourth-order valence-corrected chi connectivity index (χ4v) is 5.22. The molecule has 1 aliphatic rings. The second kappa shape index (κ2) is 9.59. The van der Waals surface area contributed by atoms with Gasteiger partial charge in [-0.05, 0) is 49.6 Å². The largest absolute Gasteiger partial charge is 0.376 e. The van der Waals surface area contributed by atoms with Crippen LogP contribution in [0.1, 0.15) is 28.8 Å². The number of rotatable bonds is 7. The van der Waals surface area contributed by atoms with Crippen molar-refractivity contribution in [3.8, 4) is 0 Å². The molecule has 4 rings (SSSR count). The number of aromatic nitrogens is 1. The summed E-state index contributed by atoms with van der Waals surface area (Å²) >= 11 is 2.94. The third-order valence-electron chi connectivity index (χ3n) is 4.89. The first-order valence-corrected chi connectivity index (χ1v) is 11.7. The number of fused-ring (bicyclic) bond motifs is 1. The molecule has 8 heteroatoms. The third kappa shape index (κ3) is 5.19. The van der Waals surface area contributed by atoms with Crippen molar-refractivity contribution in [3.63, 3.8) is 0 Å². The topological polar surface area (TPSA) is 80.3 Å². The molecule has 1 aliphatic heterocycles. The number of nitrogens with one attached hydrogen (secondary N) is 2. The van der Waals surface area contributed by atoms with Crippen LogP contribution < -0.4 is 10.6 Å². The Morgan fingerprint density at radius 2 is 2.13 bits per heavy atom. The number of aryl methyl sites for hydroxylation is 1. The van der Waals surface area contributed by atoms with Crippen molar-refractivity contribution >= 4 is 50.8 Å². The molecule has 0 radical (unpaired) electrons. The molecule has 0 saturated carbocycles. The highest BCUT2D eigenvalue weighted by molar-refractivity contribution is 8.01. The van der Waals surface area contributed by atoms with Gasteiger partial charge in [-0.25, -0.2) is 4.98 Å². The summed E-state index contributed by atoms with van der Waals surface area (Å²) in [5, 5.41) is 5.88. The predicted molar refractivity (Wildman–Crippen MR) is 121 cm³/mol. The minimum absolute atomic E-state index is 0.0130. The van der Waals surface area contributed by atoms with Gasteiger partial charge in [-0.1, -0.05) is 30.0 Å². The summed E-state index contributed by atoms with van der Waals surface area (Å²) in [6.45, 7) is 3.28. The lowest BCUT2D eigenvalue weighted by Gasteiger charge is -2.09. The van der Waals surface area contributed by atoms with Crippen LogP contribution in [0.25, 0.3) is 10.2 Å². The fraction of sp³-hybridized carbons (Fsp3) is 0.318. The Kier molecular flexibility index (Phi) is 6.66. The molecule has 1 saturated heterocycles. The van der Waals surface area contributed by atoms with E-state index in [0.717, 1.165) is 45.3 Å². The van der Waals surface area contributed by atoms with E-state index in [1.807, 2.05) is 49.4 Å². The Hall–Kier alpha value is -2.42. The van der Waals surface area contributed by atoms with E-state index in [-0.39, 0.29) is 17.9 Å². The molecule has 2 N–H and O–H groups in total. The van der Waals surface area contributed by atoms with Gasteiger partial charge in [-0.15, -0.1) is 11.3 Å². The highest BCUT2D eigenvalue weighted by Crippen LogP contribution is 2.31. The van der Waals surface area contributed by atoms with Gasteiger partial charge in [0.05, 0.1) is 22.1 Å². The second-order valence-electron chi connectivity index (χ2n) is 7.16. The highest BCUT2D eigenvalue weighted by Gasteiger charge is 2.16. The zero-order valence-corrected chi connectivity index (χ0v) is 18.3. The predicted octanol–water partition coefficient (Wildman–Crippen LogP) is 4.24. The number of amides is 2. The van der Waals surface area contributed by atoms with Gasteiger partial charge in [0.2, 0.25) is 5.91 Å². The molecule has 2 amide bonds. The number of hydrogen-bond donors (Lipinski definition) is 2. The van der Waals surface area contributed by atoms with Gasteiger partial charge in [0.25, 0.3) is 5.91 Å². The van der Waals surface area contributed by atoms with Crippen LogP contribution in [-0.4, -0.2) is 41.8 Å². The monoisotopic (exact) mass is 441 g/mol. The number of hydrogen-bond acceptors (Lipinski definition) is 6. The first-order valence-electron chi connectivity index (χ1n) is 9.87. The van der Waals surface area contributed by atoms with Crippen LogP contribution in [-0.2, 0) is 9.53 Å². The van der Waals surface area contributed by atoms with Gasteiger partial charge < -0.3 is 15.4 Å². The standard InChI is InChI=1S/C22H23N3O3S2/c1-14-5-2-3-7-17(14)21(27)24-15-8-9-18-19(11-15)30-22(25-18)29-13-20(26)23-12-16-6-4-10-28-16/h2-3,5,7-9,11,16H,4,6,10,12-13H2,1H3,(H,23,26)(H,24,27). The zero-order valence-electron chi connectivity index (χ0n) is 16.6. The van der Waals surface area contributed by atoms with Gasteiger partial charge in [-0.3, -0.25) is 9.59 Å². The van der Waals surface area contributed by atoms with Gasteiger partial charge in [-0.2, -0.15) is 0 Å². The first kappa shape index (κ1) is 20.8. The van der Waals surface area contributed by atoms with Gasteiger partial charge >= 0.3 is 0 Å². The smallest absolute Gasteiger partial charge is 0.255 e. The maximum absolute atomic E-state index is 12.5. The molecule has 2 aromatic carbocycles. The van der Waals surface area contributed by atoms with Crippen molar-refractivity contribution < 1.29 is 14.3 Å². The number of carbonyl (C=O) groups is 2. The summed E-state index contributed by atoms with van der Waals surface area (Å²) < 4.78 is 7.32. The average molecular weight is 442 g/mol. The van der Waals surface area contributed by atoms with Crippen LogP contribution in [0.4, 0.5) is 5.69 Å². The van der Waals surface area contributed by atoms with E-state index >= 15 is 0 Å². The van der Waals surface area contributed by atoms with E-state index < -0.39 is 0 Å². The van der Waals surface area contributed by atoms with E-state index in [2.05, 4.69) is 15.6 Å². The van der Waals surface area contributed by atoms with E-state index in [4.69, 9.17) is 4.74 Å². The summed E-state index contributed by atoms with van der Waals surface area (Å²) in [6, 6.07) is 13.2. The molecular formula is C22H23N3O3S2. The Balaban J connectivity index is 1.34. The number of ether oxygens (including phenoxy) is 1.